The van der Waals surface area contributed by atoms with E-state index in [0.717, 1.165) is 104 Å². The largest absolute Gasteiger partial charge is 0.497 e. The monoisotopic (exact) mass is 1130 g/mol. The molecule has 0 amide bonds. The van der Waals surface area contributed by atoms with E-state index < -0.39 is 0 Å². The molecule has 11 aromatic rings. The number of ketones is 1. The van der Waals surface area contributed by atoms with Crippen LogP contribution in [0.2, 0.25) is 0 Å². The first kappa shape index (κ1) is 57.3. The summed E-state index contributed by atoms with van der Waals surface area (Å²) in [5.74, 6) is 2.65. The number of anilines is 3. The molecule has 12 rings (SSSR count). The van der Waals surface area contributed by atoms with Crippen molar-refractivity contribution in [3.05, 3.63) is 280 Å². The van der Waals surface area contributed by atoms with E-state index in [0.29, 0.717) is 24.3 Å². The fourth-order valence-electron chi connectivity index (χ4n) is 13.5. The molecule has 0 fully saturated rings. The number of ether oxygens (including phenoxy) is 3. The minimum Gasteiger partial charge on any atom is -0.497 e. The summed E-state index contributed by atoms with van der Waals surface area (Å²) in [6.45, 7) is 21.7. The minimum atomic E-state index is -0.315. The summed E-state index contributed by atoms with van der Waals surface area (Å²) in [7, 11) is 1.72. The third kappa shape index (κ3) is 10.8. The van der Waals surface area contributed by atoms with Crippen LogP contribution in [0.3, 0.4) is 0 Å². The van der Waals surface area contributed by atoms with Crippen molar-refractivity contribution in [1.82, 2.24) is 4.57 Å². The summed E-state index contributed by atoms with van der Waals surface area (Å²) in [5, 5.41) is 2.32. The van der Waals surface area contributed by atoms with Gasteiger partial charge < -0.3 is 23.7 Å². The summed E-state index contributed by atoms with van der Waals surface area (Å²) in [4.78, 5) is 16.8. The highest BCUT2D eigenvalue weighted by atomic mass is 16.5. The fraction of sp³-hybridized carbons (Fsp3) is 0.237. The molecule has 432 valence electrons. The van der Waals surface area contributed by atoms with Gasteiger partial charge in [-0.2, -0.15) is 0 Å². The Hall–Kier alpha value is -9.13. The highest BCUT2D eigenvalue weighted by Gasteiger charge is 2.37. The van der Waals surface area contributed by atoms with E-state index in [9.17, 15) is 4.79 Å². The number of fused-ring (bicyclic) bond motifs is 5. The van der Waals surface area contributed by atoms with Gasteiger partial charge in [-0.05, 0) is 217 Å². The van der Waals surface area contributed by atoms with E-state index in [4.69, 9.17) is 14.2 Å². The molecule has 0 atom stereocenters. The number of aryl methyl sites for hydroxylation is 3. The van der Waals surface area contributed by atoms with Crippen LogP contribution in [0.5, 0.6) is 17.2 Å². The van der Waals surface area contributed by atoms with Gasteiger partial charge in [0.2, 0.25) is 0 Å². The van der Waals surface area contributed by atoms with Gasteiger partial charge in [-0.25, -0.2) is 0 Å². The number of hydrogen-bond donors (Lipinski definition) is 0. The van der Waals surface area contributed by atoms with Crippen molar-refractivity contribution >= 4 is 44.7 Å². The van der Waals surface area contributed by atoms with E-state index in [2.05, 4.69) is 266 Å². The van der Waals surface area contributed by atoms with E-state index >= 15 is 0 Å². The molecule has 6 heteroatoms. The molecular weight excluding hydrogens is 1050 g/mol. The predicted molar refractivity (Wildman–Crippen MR) is 357 cm³/mol. The second-order valence-electron chi connectivity index (χ2n) is 25.1. The summed E-state index contributed by atoms with van der Waals surface area (Å²) < 4.78 is 20.6. The number of rotatable bonds is 19. The van der Waals surface area contributed by atoms with Gasteiger partial charge in [0, 0.05) is 49.5 Å². The maximum Gasteiger partial charge on any atom is 0.193 e. The highest BCUT2D eigenvalue weighted by molar-refractivity contribution is 6.11. The molecule has 0 bridgehead atoms. The van der Waals surface area contributed by atoms with E-state index in [1.165, 1.54) is 44.5 Å². The number of hydrogen-bond acceptors (Lipinski definition) is 5. The number of carbonyl (C=O) groups excluding carboxylic acids is 1. The second-order valence-corrected chi connectivity index (χ2v) is 25.1. The average molecular weight is 1130 g/mol. The van der Waals surface area contributed by atoms with E-state index in [1.54, 1.807) is 7.11 Å². The zero-order valence-electron chi connectivity index (χ0n) is 51.6. The van der Waals surface area contributed by atoms with E-state index in [1.807, 2.05) is 24.3 Å². The Morgan fingerprint density at radius 2 is 0.942 bits per heavy atom. The molecule has 0 saturated heterocycles. The smallest absolute Gasteiger partial charge is 0.193 e. The molecule has 1 aromatic heterocycles. The van der Waals surface area contributed by atoms with Crippen LogP contribution in [0, 0.1) is 20.8 Å². The van der Waals surface area contributed by atoms with Gasteiger partial charge in [0.25, 0.3) is 0 Å². The number of methoxy groups -OCH3 is 1. The Morgan fingerprint density at radius 1 is 0.453 bits per heavy atom. The number of unbranched alkanes of at least 4 members (excludes halogenated alkanes) is 3. The predicted octanol–water partition coefficient (Wildman–Crippen LogP) is 20.4. The van der Waals surface area contributed by atoms with Crippen LogP contribution < -0.4 is 19.1 Å². The third-order valence-electron chi connectivity index (χ3n) is 18.5. The first-order valence-electron chi connectivity index (χ1n) is 30.5. The molecule has 1 aliphatic heterocycles. The molecule has 0 unspecified atom stereocenters. The number of benzene rings is 10. The van der Waals surface area contributed by atoms with Crippen molar-refractivity contribution in [2.24, 2.45) is 0 Å². The SMILES string of the molecule is COc1ccc(C(C)(C)c2ccc3c4ccc(-c5ccc(OCCCCCCOc6ccc(C(C)(C)c7ccccc7)c(C)c6)cc5C)cc4n(-c4ccc(C(=O)c5ccc(N6c7ccccc7C(C)(C)c7ccccc76)cc5)cc4)c3c2)c(C)c1. The third-order valence-corrected chi connectivity index (χ3v) is 18.5. The summed E-state index contributed by atoms with van der Waals surface area (Å²) in [5.41, 5.74) is 20.7. The molecule has 10 aromatic carbocycles. The van der Waals surface area contributed by atoms with Crippen LogP contribution in [0.4, 0.5) is 17.1 Å². The number of carbonyl (C=O) groups is 1. The Kier molecular flexibility index (Phi) is 15.6. The summed E-state index contributed by atoms with van der Waals surface area (Å²) in [6.07, 6.45) is 4.15. The van der Waals surface area contributed by atoms with Crippen LogP contribution in [0.25, 0.3) is 38.6 Å². The van der Waals surface area contributed by atoms with Crippen molar-refractivity contribution in [1.29, 1.82) is 0 Å². The summed E-state index contributed by atoms with van der Waals surface area (Å²) in [6, 6.07) is 77.4. The van der Waals surface area contributed by atoms with Crippen LogP contribution in [-0.4, -0.2) is 30.7 Å². The van der Waals surface area contributed by atoms with Gasteiger partial charge in [0.05, 0.1) is 42.7 Å². The molecule has 0 spiro atoms. The molecule has 0 N–H and O–H groups in total. The van der Waals surface area contributed by atoms with Crippen molar-refractivity contribution in [2.75, 3.05) is 25.2 Å². The van der Waals surface area contributed by atoms with Gasteiger partial charge in [-0.1, -0.05) is 151 Å². The Morgan fingerprint density at radius 3 is 1.51 bits per heavy atom. The Labute approximate surface area is 508 Å². The van der Waals surface area contributed by atoms with Gasteiger partial charge in [0.1, 0.15) is 17.2 Å². The molecule has 0 radical (unpaired) electrons. The topological polar surface area (TPSA) is 52.9 Å². The first-order chi connectivity index (χ1) is 41.5. The molecular formula is C80H78N2O4. The zero-order chi connectivity index (χ0) is 59.9. The van der Waals surface area contributed by atoms with Crippen LogP contribution in [-0.2, 0) is 16.2 Å². The lowest BCUT2D eigenvalue weighted by atomic mass is 9.73. The van der Waals surface area contributed by atoms with Crippen LogP contribution in [0.15, 0.2) is 218 Å². The molecule has 0 saturated carbocycles. The van der Waals surface area contributed by atoms with Crippen molar-refractivity contribution < 1.29 is 19.0 Å². The van der Waals surface area contributed by atoms with Crippen LogP contribution >= 0.6 is 0 Å². The second kappa shape index (κ2) is 23.4. The van der Waals surface area contributed by atoms with Crippen molar-refractivity contribution in [2.45, 2.75) is 104 Å². The highest BCUT2D eigenvalue weighted by Crippen LogP contribution is 2.52. The number of aromatic nitrogens is 1. The summed E-state index contributed by atoms with van der Waals surface area (Å²) >= 11 is 0. The van der Waals surface area contributed by atoms with Crippen molar-refractivity contribution in [3.8, 4) is 34.1 Å². The van der Waals surface area contributed by atoms with Gasteiger partial charge in [-0.15, -0.1) is 0 Å². The lowest BCUT2D eigenvalue weighted by molar-refractivity contribution is 0.103. The fourth-order valence-corrected chi connectivity index (χ4v) is 13.5. The minimum absolute atomic E-state index is 0.0206. The lowest BCUT2D eigenvalue weighted by Gasteiger charge is -2.42. The van der Waals surface area contributed by atoms with Crippen LogP contribution in [0.1, 0.15) is 133 Å². The van der Waals surface area contributed by atoms with Gasteiger partial charge in [0.15, 0.2) is 5.78 Å². The molecule has 6 nitrogen and oxygen atoms in total. The lowest BCUT2D eigenvalue weighted by Crippen LogP contribution is -2.30. The van der Waals surface area contributed by atoms with Gasteiger partial charge in [-0.3, -0.25) is 4.79 Å². The Bertz CT molecular complexity index is 4250. The first-order valence-corrected chi connectivity index (χ1v) is 30.5. The quantitative estimate of drug-likeness (QED) is 0.0597. The molecule has 1 aliphatic rings. The Balaban J connectivity index is 0.767. The normalized spacial score (nSPS) is 12.9. The maximum atomic E-state index is 14.4. The van der Waals surface area contributed by atoms with Crippen molar-refractivity contribution in [3.63, 3.8) is 0 Å². The zero-order valence-corrected chi connectivity index (χ0v) is 51.6. The average Bonchev–Trinajstić information content (AvgIpc) is 1.99. The molecule has 86 heavy (non-hydrogen) atoms. The number of nitrogens with zero attached hydrogens (tertiary/aromatic N) is 2. The van der Waals surface area contributed by atoms with E-state index in [-0.39, 0.29) is 22.0 Å². The standard InChI is InChI=1S/C80H78N2O4/c1-53-48-64(85-46-20-11-12-21-47-86-65-40-45-69(55(3)50-65)78(4,5)59-22-14-13-15-23-59)38-43-66(53)58-32-41-67-68-42-33-60(79(6,7)70-44-39-63(84-10)49-54(70)2)52-76(68)82(75(67)51-58)62-36-30-57(31-37-62)77(83)56-28-34-61(35-29-56)81-73-26-18-16-24-71(73)80(8,9)72-25-17-19-27-74(72)81/h13-19,22-45,48-52H,11-12,20-21,46-47H2,1-10H3. The maximum absolute atomic E-state index is 14.4. The number of para-hydroxylation sites is 2. The van der Waals surface area contributed by atoms with Gasteiger partial charge >= 0.3 is 0 Å². The molecule has 2 heterocycles. The molecule has 0 aliphatic carbocycles.